The molecule has 0 unspecified atom stereocenters. The zero-order chi connectivity index (χ0) is 11.7. The summed E-state index contributed by atoms with van der Waals surface area (Å²) in [4.78, 5) is 3.92. The Balaban J connectivity index is 2.42. The Morgan fingerprint density at radius 1 is 1.38 bits per heavy atom. The summed E-state index contributed by atoms with van der Waals surface area (Å²) in [7, 11) is 1.66. The first kappa shape index (κ1) is 10.9. The highest BCUT2D eigenvalue weighted by Gasteiger charge is 2.15. The second kappa shape index (κ2) is 4.09. The van der Waals surface area contributed by atoms with Gasteiger partial charge in [-0.3, -0.25) is 0 Å². The Hall–Kier alpha value is -1.63. The van der Waals surface area contributed by atoms with Crippen molar-refractivity contribution in [2.45, 2.75) is 10.1 Å². The SMILES string of the molecule is Cn1ncnc1Sc1c(N)ccc(F)c1F. The summed E-state index contributed by atoms with van der Waals surface area (Å²) < 4.78 is 27.9. The molecule has 1 aromatic heterocycles. The quantitative estimate of drug-likeness (QED) is 0.816. The van der Waals surface area contributed by atoms with Crippen molar-refractivity contribution in [2.75, 3.05) is 5.73 Å². The number of rotatable bonds is 2. The maximum absolute atomic E-state index is 13.5. The van der Waals surface area contributed by atoms with E-state index in [4.69, 9.17) is 5.73 Å². The fourth-order valence-electron chi connectivity index (χ4n) is 1.12. The predicted octanol–water partition coefficient (Wildman–Crippen LogP) is 1.83. The Morgan fingerprint density at radius 3 is 2.75 bits per heavy atom. The van der Waals surface area contributed by atoms with Gasteiger partial charge in [-0.25, -0.2) is 18.4 Å². The smallest absolute Gasteiger partial charge is 0.190 e. The number of nitrogen functional groups attached to an aromatic ring is 1. The van der Waals surface area contributed by atoms with Crippen LogP contribution in [0.25, 0.3) is 0 Å². The van der Waals surface area contributed by atoms with Crippen molar-refractivity contribution in [1.29, 1.82) is 0 Å². The summed E-state index contributed by atoms with van der Waals surface area (Å²) in [6, 6.07) is 2.31. The van der Waals surface area contributed by atoms with E-state index in [1.165, 1.54) is 17.1 Å². The maximum Gasteiger partial charge on any atom is 0.190 e. The van der Waals surface area contributed by atoms with E-state index in [9.17, 15) is 8.78 Å². The molecule has 0 aliphatic heterocycles. The second-order valence-corrected chi connectivity index (χ2v) is 4.03. The van der Waals surface area contributed by atoms with E-state index in [1.807, 2.05) is 0 Å². The molecule has 0 spiro atoms. The van der Waals surface area contributed by atoms with E-state index in [0.29, 0.717) is 5.16 Å². The van der Waals surface area contributed by atoms with Crippen LogP contribution in [0.3, 0.4) is 0 Å². The number of nitrogens with two attached hydrogens (primary N) is 1. The molecule has 1 heterocycles. The fraction of sp³-hybridized carbons (Fsp3) is 0.111. The number of aromatic nitrogens is 3. The van der Waals surface area contributed by atoms with Gasteiger partial charge < -0.3 is 5.73 Å². The van der Waals surface area contributed by atoms with E-state index in [1.54, 1.807) is 7.05 Å². The van der Waals surface area contributed by atoms with E-state index >= 15 is 0 Å². The minimum Gasteiger partial charge on any atom is -0.398 e. The number of anilines is 1. The molecule has 7 heteroatoms. The molecule has 0 aliphatic carbocycles. The Kier molecular flexibility index (Phi) is 2.78. The molecule has 2 aromatic rings. The van der Waals surface area contributed by atoms with Gasteiger partial charge in [-0.1, -0.05) is 0 Å². The lowest BCUT2D eigenvalue weighted by molar-refractivity contribution is 0.492. The van der Waals surface area contributed by atoms with Crippen LogP contribution in [0, 0.1) is 11.6 Å². The van der Waals surface area contributed by atoms with Gasteiger partial charge in [0.05, 0.1) is 4.90 Å². The average Bonchev–Trinajstić information content (AvgIpc) is 2.65. The van der Waals surface area contributed by atoms with Crippen molar-refractivity contribution in [3.63, 3.8) is 0 Å². The molecule has 0 aliphatic rings. The summed E-state index contributed by atoms with van der Waals surface area (Å²) in [5.41, 5.74) is 5.75. The molecule has 0 amide bonds. The van der Waals surface area contributed by atoms with Gasteiger partial charge in [-0.2, -0.15) is 5.10 Å². The molecule has 2 N–H and O–H groups in total. The van der Waals surface area contributed by atoms with Crippen LogP contribution >= 0.6 is 11.8 Å². The summed E-state index contributed by atoms with van der Waals surface area (Å²) in [6.07, 6.45) is 1.33. The van der Waals surface area contributed by atoms with Crippen molar-refractivity contribution in [3.05, 3.63) is 30.1 Å². The Morgan fingerprint density at radius 2 is 2.12 bits per heavy atom. The van der Waals surface area contributed by atoms with Gasteiger partial charge in [-0.05, 0) is 23.9 Å². The minimum absolute atomic E-state index is 0.0242. The normalized spacial score (nSPS) is 10.7. The molecule has 0 atom stereocenters. The van der Waals surface area contributed by atoms with Crippen LogP contribution in [-0.2, 0) is 7.05 Å². The molecule has 0 saturated heterocycles. The third kappa shape index (κ3) is 1.85. The van der Waals surface area contributed by atoms with Crippen LogP contribution in [-0.4, -0.2) is 14.8 Å². The number of aryl methyl sites for hydroxylation is 1. The monoisotopic (exact) mass is 242 g/mol. The lowest BCUT2D eigenvalue weighted by Crippen LogP contribution is -1.98. The summed E-state index contributed by atoms with van der Waals surface area (Å²) in [5, 5.41) is 4.26. The van der Waals surface area contributed by atoms with Gasteiger partial charge in [0.25, 0.3) is 0 Å². The van der Waals surface area contributed by atoms with Gasteiger partial charge in [0.2, 0.25) is 0 Å². The van der Waals surface area contributed by atoms with Crippen molar-refractivity contribution >= 4 is 17.4 Å². The van der Waals surface area contributed by atoms with Crippen LogP contribution in [0.5, 0.6) is 0 Å². The standard InChI is InChI=1S/C9H8F2N4S/c1-15-9(13-4-14-15)16-8-6(12)3-2-5(10)7(8)11/h2-4H,12H2,1H3. The van der Waals surface area contributed by atoms with E-state index in [-0.39, 0.29) is 10.6 Å². The lowest BCUT2D eigenvalue weighted by Gasteiger charge is -2.06. The average molecular weight is 242 g/mol. The van der Waals surface area contributed by atoms with Gasteiger partial charge in [0.1, 0.15) is 6.33 Å². The predicted molar refractivity (Wildman–Crippen MR) is 55.9 cm³/mol. The van der Waals surface area contributed by atoms with Gasteiger partial charge >= 0.3 is 0 Å². The third-order valence-electron chi connectivity index (χ3n) is 1.94. The first-order chi connectivity index (χ1) is 7.59. The van der Waals surface area contributed by atoms with Crippen LogP contribution < -0.4 is 5.73 Å². The van der Waals surface area contributed by atoms with Crippen LogP contribution in [0.2, 0.25) is 0 Å². The molecule has 0 fully saturated rings. The lowest BCUT2D eigenvalue weighted by atomic mass is 10.3. The Labute approximate surface area is 94.5 Å². The fourth-order valence-corrected chi connectivity index (χ4v) is 1.95. The van der Waals surface area contributed by atoms with E-state index < -0.39 is 11.6 Å². The molecule has 0 radical (unpaired) electrons. The molecule has 16 heavy (non-hydrogen) atoms. The highest BCUT2D eigenvalue weighted by molar-refractivity contribution is 7.99. The summed E-state index contributed by atoms with van der Waals surface area (Å²) in [6.45, 7) is 0. The van der Waals surface area contributed by atoms with E-state index in [0.717, 1.165) is 17.8 Å². The van der Waals surface area contributed by atoms with Crippen LogP contribution in [0.15, 0.2) is 28.5 Å². The summed E-state index contributed by atoms with van der Waals surface area (Å²) >= 11 is 0.938. The molecule has 1 aromatic carbocycles. The zero-order valence-electron chi connectivity index (χ0n) is 8.32. The number of hydrogen-bond acceptors (Lipinski definition) is 4. The van der Waals surface area contributed by atoms with Crippen molar-refractivity contribution in [2.24, 2.45) is 7.05 Å². The van der Waals surface area contributed by atoms with Crippen molar-refractivity contribution < 1.29 is 8.78 Å². The van der Waals surface area contributed by atoms with Crippen molar-refractivity contribution in [3.8, 4) is 0 Å². The first-order valence-electron chi connectivity index (χ1n) is 4.35. The zero-order valence-corrected chi connectivity index (χ0v) is 9.13. The Bertz CT molecular complexity index is 526. The van der Waals surface area contributed by atoms with Gasteiger partial charge in [0.15, 0.2) is 16.8 Å². The van der Waals surface area contributed by atoms with E-state index in [2.05, 4.69) is 10.1 Å². The van der Waals surface area contributed by atoms with Crippen LogP contribution in [0.4, 0.5) is 14.5 Å². The third-order valence-corrected chi connectivity index (χ3v) is 3.11. The molecular formula is C9H8F2N4S. The molecule has 4 nitrogen and oxygen atoms in total. The molecule has 0 saturated carbocycles. The maximum atomic E-state index is 13.5. The first-order valence-corrected chi connectivity index (χ1v) is 5.16. The molecular weight excluding hydrogens is 234 g/mol. The highest BCUT2D eigenvalue weighted by atomic mass is 32.2. The highest BCUT2D eigenvalue weighted by Crippen LogP contribution is 2.33. The number of halogens is 2. The largest absolute Gasteiger partial charge is 0.398 e. The second-order valence-electron chi connectivity index (χ2n) is 3.05. The van der Waals surface area contributed by atoms with Crippen LogP contribution in [0.1, 0.15) is 0 Å². The number of nitrogens with zero attached hydrogens (tertiary/aromatic N) is 3. The molecule has 2 rings (SSSR count). The number of hydrogen-bond donors (Lipinski definition) is 1. The minimum atomic E-state index is -0.965. The van der Waals surface area contributed by atoms with Gasteiger partial charge in [-0.15, -0.1) is 0 Å². The van der Waals surface area contributed by atoms with Crippen molar-refractivity contribution in [1.82, 2.24) is 14.8 Å². The summed E-state index contributed by atoms with van der Waals surface area (Å²) in [5.74, 6) is -1.90. The molecule has 0 bridgehead atoms. The topological polar surface area (TPSA) is 56.7 Å². The number of benzene rings is 1. The molecule has 84 valence electrons. The van der Waals surface area contributed by atoms with Gasteiger partial charge in [0, 0.05) is 12.7 Å².